The summed E-state index contributed by atoms with van der Waals surface area (Å²) in [5.74, 6) is 0.835. The van der Waals surface area contributed by atoms with Crippen LogP contribution in [-0.4, -0.2) is 50.8 Å². The summed E-state index contributed by atoms with van der Waals surface area (Å²) in [5.41, 5.74) is 2.10. The number of aliphatic imine (C=N–C) groups is 1. The number of carbonyl (C=O) groups is 1. The maximum absolute atomic E-state index is 11.8. The fraction of sp³-hybridized carbons (Fsp3) is 0.652. The van der Waals surface area contributed by atoms with Crippen molar-refractivity contribution in [2.75, 3.05) is 26.7 Å². The zero-order valence-electron chi connectivity index (χ0n) is 18.1. The fourth-order valence-corrected chi connectivity index (χ4v) is 4.88. The summed E-state index contributed by atoms with van der Waals surface area (Å²) in [6.45, 7) is 6.50. The second-order valence-electron chi connectivity index (χ2n) is 8.11. The molecule has 0 bridgehead atoms. The summed E-state index contributed by atoms with van der Waals surface area (Å²) < 4.78 is 6.03. The first-order valence-corrected chi connectivity index (χ1v) is 11.1. The van der Waals surface area contributed by atoms with E-state index in [2.05, 4.69) is 35.9 Å². The molecule has 3 rings (SSSR count). The molecule has 2 saturated carbocycles. The maximum Gasteiger partial charge on any atom is 0.251 e. The highest BCUT2D eigenvalue weighted by atomic mass is 16.5. The van der Waals surface area contributed by atoms with Crippen molar-refractivity contribution in [3.63, 3.8) is 0 Å². The van der Waals surface area contributed by atoms with E-state index in [1.54, 1.807) is 7.05 Å². The second kappa shape index (κ2) is 10.1. The predicted octanol–water partition coefficient (Wildman–Crippen LogP) is 2.88. The molecule has 2 atom stereocenters. The van der Waals surface area contributed by atoms with Crippen LogP contribution < -0.4 is 16.0 Å². The normalized spacial score (nSPS) is 22.9. The Kier molecular flexibility index (Phi) is 7.53. The van der Waals surface area contributed by atoms with Gasteiger partial charge in [0.25, 0.3) is 5.91 Å². The van der Waals surface area contributed by atoms with E-state index in [4.69, 9.17) is 9.73 Å². The number of carbonyl (C=O) groups excluding carboxylic acids is 1. The van der Waals surface area contributed by atoms with Crippen LogP contribution in [0.3, 0.4) is 0 Å². The molecule has 0 saturated heterocycles. The lowest BCUT2D eigenvalue weighted by atomic mass is 9.60. The Morgan fingerprint density at radius 2 is 2.07 bits per heavy atom. The van der Waals surface area contributed by atoms with Gasteiger partial charge in [-0.25, -0.2) is 0 Å². The average molecular weight is 401 g/mol. The lowest BCUT2D eigenvalue weighted by molar-refractivity contribution is -0.125. The lowest BCUT2D eigenvalue weighted by Gasteiger charge is -2.54. The van der Waals surface area contributed by atoms with Crippen molar-refractivity contribution in [2.45, 2.75) is 64.5 Å². The van der Waals surface area contributed by atoms with Crippen LogP contribution >= 0.6 is 0 Å². The quantitative estimate of drug-likeness (QED) is 0.463. The molecule has 2 unspecified atom stereocenters. The number of benzene rings is 1. The van der Waals surface area contributed by atoms with Gasteiger partial charge < -0.3 is 20.7 Å². The number of nitrogens with one attached hydrogen (secondary N) is 3. The van der Waals surface area contributed by atoms with E-state index in [1.807, 2.05) is 18.2 Å². The van der Waals surface area contributed by atoms with Crippen LogP contribution in [0.4, 0.5) is 0 Å². The highest BCUT2D eigenvalue weighted by Crippen LogP contribution is 2.54. The molecule has 1 amide bonds. The highest BCUT2D eigenvalue weighted by molar-refractivity contribution is 5.94. The number of hydrogen-bond donors (Lipinski definition) is 3. The van der Waals surface area contributed by atoms with Gasteiger partial charge in [-0.2, -0.15) is 0 Å². The van der Waals surface area contributed by atoms with Gasteiger partial charge in [0, 0.05) is 43.8 Å². The minimum absolute atomic E-state index is 0.0546. The predicted molar refractivity (Wildman–Crippen MR) is 117 cm³/mol. The van der Waals surface area contributed by atoms with Gasteiger partial charge in [-0.1, -0.05) is 25.0 Å². The number of ether oxygens (including phenoxy) is 1. The molecule has 6 heteroatoms. The topological polar surface area (TPSA) is 74.8 Å². The Morgan fingerprint density at radius 3 is 2.76 bits per heavy atom. The van der Waals surface area contributed by atoms with Gasteiger partial charge >= 0.3 is 0 Å². The first kappa shape index (κ1) is 21.6. The third-order valence-corrected chi connectivity index (χ3v) is 6.43. The third kappa shape index (κ3) is 4.92. The number of guanidine groups is 1. The van der Waals surface area contributed by atoms with Gasteiger partial charge in [-0.05, 0) is 57.2 Å². The van der Waals surface area contributed by atoms with E-state index in [9.17, 15) is 4.79 Å². The Morgan fingerprint density at radius 1 is 1.28 bits per heavy atom. The highest BCUT2D eigenvalue weighted by Gasteiger charge is 2.56. The molecule has 2 fully saturated rings. The number of nitrogens with zero attached hydrogens (tertiary/aromatic N) is 1. The van der Waals surface area contributed by atoms with E-state index in [-0.39, 0.29) is 11.3 Å². The van der Waals surface area contributed by atoms with Crippen molar-refractivity contribution in [3.05, 3.63) is 35.4 Å². The molecule has 2 aliphatic carbocycles. The van der Waals surface area contributed by atoms with Crippen molar-refractivity contribution in [1.82, 2.24) is 16.0 Å². The minimum Gasteiger partial charge on any atom is -0.378 e. The molecule has 29 heavy (non-hydrogen) atoms. The number of amides is 1. The molecule has 0 aromatic heterocycles. The van der Waals surface area contributed by atoms with Gasteiger partial charge in [-0.15, -0.1) is 0 Å². The van der Waals surface area contributed by atoms with E-state index in [0.717, 1.165) is 37.5 Å². The second-order valence-corrected chi connectivity index (χ2v) is 8.11. The largest absolute Gasteiger partial charge is 0.378 e. The van der Waals surface area contributed by atoms with Crippen LogP contribution in [-0.2, 0) is 11.2 Å². The first-order valence-electron chi connectivity index (χ1n) is 11.1. The third-order valence-electron chi connectivity index (χ3n) is 6.43. The van der Waals surface area contributed by atoms with Crippen LogP contribution in [0.15, 0.2) is 29.3 Å². The smallest absolute Gasteiger partial charge is 0.251 e. The zero-order chi connectivity index (χ0) is 20.7. The molecule has 0 heterocycles. The fourth-order valence-electron chi connectivity index (χ4n) is 4.88. The lowest BCUT2D eigenvalue weighted by Crippen LogP contribution is -2.65. The number of rotatable bonds is 8. The molecule has 160 valence electrons. The van der Waals surface area contributed by atoms with E-state index < -0.39 is 0 Å². The van der Waals surface area contributed by atoms with Crippen LogP contribution in [0.2, 0.25) is 0 Å². The van der Waals surface area contributed by atoms with Gasteiger partial charge in [0.05, 0.1) is 6.10 Å². The van der Waals surface area contributed by atoms with E-state index in [1.165, 1.54) is 25.7 Å². The standard InChI is InChI=1S/C23H36N4O2/c1-4-25-22(26-14-11-17-9-8-10-18(15-17)21(28)24-3)27-19-16-20(29-5-2)23(19)12-6-7-13-23/h8-10,15,19-20H,4-7,11-14,16H2,1-3H3,(H,24,28)(H2,25,26,27). The van der Waals surface area contributed by atoms with Crippen LogP contribution in [0, 0.1) is 5.41 Å². The molecule has 1 spiro atoms. The van der Waals surface area contributed by atoms with Crippen molar-refractivity contribution in [2.24, 2.45) is 10.4 Å². The molecular weight excluding hydrogens is 364 g/mol. The van der Waals surface area contributed by atoms with Crippen molar-refractivity contribution in [3.8, 4) is 0 Å². The maximum atomic E-state index is 11.8. The summed E-state index contributed by atoms with van der Waals surface area (Å²) in [5, 5.41) is 9.76. The molecule has 6 nitrogen and oxygen atoms in total. The molecule has 0 aliphatic heterocycles. The zero-order valence-corrected chi connectivity index (χ0v) is 18.1. The first-order chi connectivity index (χ1) is 14.1. The van der Waals surface area contributed by atoms with Crippen molar-refractivity contribution in [1.29, 1.82) is 0 Å². The molecular formula is C23H36N4O2. The van der Waals surface area contributed by atoms with Crippen LogP contribution in [0.1, 0.15) is 61.9 Å². The van der Waals surface area contributed by atoms with Gasteiger partial charge in [0.1, 0.15) is 0 Å². The van der Waals surface area contributed by atoms with Crippen LogP contribution in [0.25, 0.3) is 0 Å². The summed E-state index contributed by atoms with van der Waals surface area (Å²) in [6, 6.07) is 8.20. The summed E-state index contributed by atoms with van der Waals surface area (Å²) in [6.07, 6.45) is 7.37. The molecule has 1 aromatic carbocycles. The van der Waals surface area contributed by atoms with E-state index in [0.29, 0.717) is 24.3 Å². The molecule has 2 aliphatic rings. The molecule has 0 radical (unpaired) electrons. The summed E-state index contributed by atoms with van der Waals surface area (Å²) in [7, 11) is 1.65. The summed E-state index contributed by atoms with van der Waals surface area (Å²) in [4.78, 5) is 16.6. The molecule has 3 N–H and O–H groups in total. The SMILES string of the molecule is CCNC(=NCCc1cccc(C(=O)NC)c1)NC1CC(OCC)C12CCCC2. The monoisotopic (exact) mass is 400 g/mol. The Labute approximate surface area is 174 Å². The van der Waals surface area contributed by atoms with E-state index >= 15 is 0 Å². The van der Waals surface area contributed by atoms with Gasteiger partial charge in [-0.3, -0.25) is 9.79 Å². The van der Waals surface area contributed by atoms with Crippen molar-refractivity contribution >= 4 is 11.9 Å². The van der Waals surface area contributed by atoms with Gasteiger partial charge in [0.15, 0.2) is 5.96 Å². The van der Waals surface area contributed by atoms with Gasteiger partial charge in [0.2, 0.25) is 0 Å². The summed E-state index contributed by atoms with van der Waals surface area (Å²) >= 11 is 0. The Bertz CT molecular complexity index is 713. The Hall–Kier alpha value is -2.08. The average Bonchev–Trinajstić information content (AvgIpc) is 3.26. The van der Waals surface area contributed by atoms with Crippen LogP contribution in [0.5, 0.6) is 0 Å². The Balaban J connectivity index is 1.60. The number of hydrogen-bond acceptors (Lipinski definition) is 3. The minimum atomic E-state index is -0.0546. The molecule has 1 aromatic rings. The van der Waals surface area contributed by atoms with Crippen molar-refractivity contribution < 1.29 is 9.53 Å².